The van der Waals surface area contributed by atoms with Gasteiger partial charge in [0.2, 0.25) is 0 Å². The van der Waals surface area contributed by atoms with E-state index in [1.165, 1.54) is 17.3 Å². The van der Waals surface area contributed by atoms with Crippen molar-refractivity contribution in [1.82, 2.24) is 5.32 Å². The molecule has 1 heterocycles. The van der Waals surface area contributed by atoms with Gasteiger partial charge in [0.05, 0.1) is 10.6 Å². The van der Waals surface area contributed by atoms with E-state index in [1.54, 1.807) is 0 Å². The Labute approximate surface area is 191 Å². The Morgan fingerprint density at radius 1 is 1.03 bits per heavy atom. The third-order valence-electron chi connectivity index (χ3n) is 4.98. The lowest BCUT2D eigenvalue weighted by atomic mass is 10.1. The maximum absolute atomic E-state index is 12.4. The number of nitrogens with zero attached hydrogens (tertiary/aromatic N) is 1. The molecule has 0 aromatic heterocycles. The molecule has 0 bridgehead atoms. The molecule has 1 aliphatic rings. The van der Waals surface area contributed by atoms with Crippen molar-refractivity contribution in [2.45, 2.75) is 20.5 Å². The van der Waals surface area contributed by atoms with E-state index >= 15 is 0 Å². The summed E-state index contributed by atoms with van der Waals surface area (Å²) in [4.78, 5) is 17.6. The molecular weight excluding hydrogens is 428 g/mol. The number of benzene rings is 3. The fourth-order valence-corrected chi connectivity index (χ4v) is 4.06. The van der Waals surface area contributed by atoms with Crippen molar-refractivity contribution in [3.05, 3.63) is 98.9 Å². The molecule has 0 radical (unpaired) electrons. The number of thioether (sulfide) groups is 1. The highest BCUT2D eigenvalue weighted by Gasteiger charge is 2.24. The van der Waals surface area contributed by atoms with Gasteiger partial charge in [0, 0.05) is 10.6 Å². The molecule has 1 saturated heterocycles. The predicted molar refractivity (Wildman–Crippen MR) is 129 cm³/mol. The second kappa shape index (κ2) is 9.41. The van der Waals surface area contributed by atoms with Crippen LogP contribution in [0.15, 0.2) is 76.6 Å². The van der Waals surface area contributed by atoms with E-state index in [0.717, 1.165) is 28.1 Å². The summed E-state index contributed by atoms with van der Waals surface area (Å²) >= 11 is 7.51. The van der Waals surface area contributed by atoms with Crippen molar-refractivity contribution in [2.75, 3.05) is 0 Å². The van der Waals surface area contributed by atoms with Crippen molar-refractivity contribution in [1.29, 1.82) is 0 Å². The van der Waals surface area contributed by atoms with E-state index in [0.29, 0.717) is 21.7 Å². The normalized spacial score (nSPS) is 16.0. The lowest BCUT2D eigenvalue weighted by Gasteiger charge is -2.08. The Morgan fingerprint density at radius 3 is 2.58 bits per heavy atom. The minimum absolute atomic E-state index is 0.145. The van der Waals surface area contributed by atoms with Crippen molar-refractivity contribution in [3.63, 3.8) is 0 Å². The maximum atomic E-state index is 12.4. The van der Waals surface area contributed by atoms with Crippen LogP contribution in [0.2, 0.25) is 5.02 Å². The number of hydrogen-bond acceptors (Lipinski definition) is 4. The number of rotatable bonds is 5. The largest absolute Gasteiger partial charge is 0.489 e. The summed E-state index contributed by atoms with van der Waals surface area (Å²) in [5.74, 6) is 0.593. The molecular formula is C25H21ClN2O2S. The van der Waals surface area contributed by atoms with Crippen molar-refractivity contribution in [3.8, 4) is 5.75 Å². The monoisotopic (exact) mass is 448 g/mol. The second-order valence-electron chi connectivity index (χ2n) is 7.15. The smallest absolute Gasteiger partial charge is 0.264 e. The molecule has 3 aromatic rings. The Morgan fingerprint density at radius 2 is 1.81 bits per heavy atom. The molecule has 156 valence electrons. The molecule has 4 rings (SSSR count). The van der Waals surface area contributed by atoms with E-state index < -0.39 is 0 Å². The van der Waals surface area contributed by atoms with Crippen LogP contribution in [-0.4, -0.2) is 11.1 Å². The third kappa shape index (κ3) is 5.19. The zero-order chi connectivity index (χ0) is 21.8. The number of ether oxygens (including phenoxy) is 1. The zero-order valence-corrected chi connectivity index (χ0v) is 18.8. The minimum atomic E-state index is -0.145. The molecule has 0 aliphatic carbocycles. The van der Waals surface area contributed by atoms with Crippen LogP contribution in [0.4, 0.5) is 5.69 Å². The van der Waals surface area contributed by atoms with Crippen LogP contribution in [0.3, 0.4) is 0 Å². The summed E-state index contributed by atoms with van der Waals surface area (Å²) in [6.07, 6.45) is 1.85. The molecule has 0 unspecified atom stereocenters. The number of amides is 1. The molecule has 0 atom stereocenters. The zero-order valence-electron chi connectivity index (χ0n) is 17.2. The highest BCUT2D eigenvalue weighted by molar-refractivity contribution is 8.18. The summed E-state index contributed by atoms with van der Waals surface area (Å²) in [7, 11) is 0. The molecule has 0 spiro atoms. The average Bonchev–Trinajstić information content (AvgIpc) is 3.10. The number of hydrogen-bond donors (Lipinski definition) is 1. The molecule has 1 aliphatic heterocycles. The molecule has 1 fully saturated rings. The van der Waals surface area contributed by atoms with Gasteiger partial charge in [-0.05, 0) is 72.6 Å². The second-order valence-corrected chi connectivity index (χ2v) is 8.59. The van der Waals surface area contributed by atoms with Crippen LogP contribution in [0.25, 0.3) is 6.08 Å². The van der Waals surface area contributed by atoms with E-state index in [9.17, 15) is 4.79 Å². The van der Waals surface area contributed by atoms with Crippen LogP contribution < -0.4 is 10.1 Å². The van der Waals surface area contributed by atoms with Crippen molar-refractivity contribution >= 4 is 46.2 Å². The molecule has 1 N–H and O–H groups in total. The van der Waals surface area contributed by atoms with E-state index in [2.05, 4.69) is 10.3 Å². The van der Waals surface area contributed by atoms with E-state index in [-0.39, 0.29) is 5.91 Å². The van der Waals surface area contributed by atoms with Gasteiger partial charge in [-0.2, -0.15) is 0 Å². The van der Waals surface area contributed by atoms with Crippen molar-refractivity contribution < 1.29 is 9.53 Å². The number of aliphatic imine (C=N–C) groups is 1. The lowest BCUT2D eigenvalue weighted by Crippen LogP contribution is -2.19. The quantitative estimate of drug-likeness (QED) is 0.457. The van der Waals surface area contributed by atoms with Gasteiger partial charge < -0.3 is 10.1 Å². The van der Waals surface area contributed by atoms with Gasteiger partial charge in [-0.25, -0.2) is 4.99 Å². The molecule has 0 saturated carbocycles. The molecule has 4 nitrogen and oxygen atoms in total. The molecule has 1 amide bonds. The predicted octanol–water partition coefficient (Wildman–Crippen LogP) is 6.43. The maximum Gasteiger partial charge on any atom is 0.264 e. The number of amidine groups is 1. The first kappa shape index (κ1) is 21.2. The molecule has 31 heavy (non-hydrogen) atoms. The van der Waals surface area contributed by atoms with Gasteiger partial charge >= 0.3 is 0 Å². The minimum Gasteiger partial charge on any atom is -0.489 e. The highest BCUT2D eigenvalue weighted by Crippen LogP contribution is 2.30. The van der Waals surface area contributed by atoms with Crippen molar-refractivity contribution in [2.24, 2.45) is 4.99 Å². The van der Waals surface area contributed by atoms with Gasteiger partial charge in [0.25, 0.3) is 5.91 Å². The first-order chi connectivity index (χ1) is 15.0. The van der Waals surface area contributed by atoms with Crippen LogP contribution in [0.5, 0.6) is 5.75 Å². The van der Waals surface area contributed by atoms with Gasteiger partial charge in [-0.15, -0.1) is 0 Å². The third-order valence-corrected chi connectivity index (χ3v) is 6.26. The van der Waals surface area contributed by atoms with E-state index in [4.69, 9.17) is 16.3 Å². The highest BCUT2D eigenvalue weighted by atomic mass is 35.5. The first-order valence-corrected chi connectivity index (χ1v) is 11.0. The van der Waals surface area contributed by atoms with Crippen LogP contribution in [-0.2, 0) is 11.4 Å². The van der Waals surface area contributed by atoms with Crippen LogP contribution in [0, 0.1) is 13.8 Å². The van der Waals surface area contributed by atoms with Gasteiger partial charge in [-0.1, -0.05) is 54.1 Å². The standard InChI is InChI=1S/C25H21ClN2O2S/c1-16-6-5-9-22(17(16)2)27-25-28-24(29)23(31-25)14-18-10-12-20(13-11-18)30-15-19-7-3-4-8-21(19)26/h3-14H,15H2,1-2H3,(H,27,28,29). The molecule has 6 heteroatoms. The Bertz CT molecular complexity index is 1190. The summed E-state index contributed by atoms with van der Waals surface area (Å²) in [5, 5.41) is 4.12. The number of carbonyl (C=O) groups excluding carboxylic acids is 1. The lowest BCUT2D eigenvalue weighted by molar-refractivity contribution is -0.115. The SMILES string of the molecule is Cc1cccc(N=C2NC(=O)C(=Cc3ccc(OCc4ccccc4Cl)cc3)S2)c1C. The first-order valence-electron chi connectivity index (χ1n) is 9.82. The van der Waals surface area contributed by atoms with Crippen LogP contribution >= 0.6 is 23.4 Å². The van der Waals surface area contributed by atoms with Gasteiger partial charge in [0.15, 0.2) is 5.17 Å². The van der Waals surface area contributed by atoms with Crippen LogP contribution in [0.1, 0.15) is 22.3 Å². The number of nitrogens with one attached hydrogen (secondary N) is 1. The number of aryl methyl sites for hydroxylation is 1. The fourth-order valence-electron chi connectivity index (χ4n) is 3.03. The van der Waals surface area contributed by atoms with Gasteiger partial charge in [-0.3, -0.25) is 4.79 Å². The number of halogens is 1. The summed E-state index contributed by atoms with van der Waals surface area (Å²) in [5.41, 5.74) is 4.99. The van der Waals surface area contributed by atoms with Gasteiger partial charge in [0.1, 0.15) is 12.4 Å². The fraction of sp³-hybridized carbons (Fsp3) is 0.120. The topological polar surface area (TPSA) is 50.7 Å². The average molecular weight is 449 g/mol. The Hall–Kier alpha value is -3.02. The summed E-state index contributed by atoms with van der Waals surface area (Å²) in [6, 6.07) is 21.2. The number of carbonyl (C=O) groups is 1. The Balaban J connectivity index is 1.44. The summed E-state index contributed by atoms with van der Waals surface area (Å²) in [6.45, 7) is 4.48. The summed E-state index contributed by atoms with van der Waals surface area (Å²) < 4.78 is 5.81. The Kier molecular flexibility index (Phi) is 6.44. The van der Waals surface area contributed by atoms with E-state index in [1.807, 2.05) is 86.7 Å². The molecule has 3 aromatic carbocycles.